The summed E-state index contributed by atoms with van der Waals surface area (Å²) >= 11 is 0. The summed E-state index contributed by atoms with van der Waals surface area (Å²) in [5, 5.41) is 6.70. The molecule has 5 nitrogen and oxygen atoms in total. The lowest BCUT2D eigenvalue weighted by molar-refractivity contribution is -0.137. The zero-order valence-electron chi connectivity index (χ0n) is 15.5. The van der Waals surface area contributed by atoms with Crippen LogP contribution in [-0.4, -0.2) is 20.5 Å². The van der Waals surface area contributed by atoms with Gasteiger partial charge >= 0.3 is 6.18 Å². The van der Waals surface area contributed by atoms with E-state index in [9.17, 15) is 22.4 Å². The monoisotopic (exact) mass is 414 g/mol. The first-order valence-corrected chi connectivity index (χ1v) is 8.82. The largest absolute Gasteiger partial charge is 0.416 e. The molecule has 0 aliphatic heterocycles. The van der Waals surface area contributed by atoms with Crippen LogP contribution in [0.1, 0.15) is 21.6 Å². The van der Waals surface area contributed by atoms with Crippen LogP contribution in [0.3, 0.4) is 0 Å². The van der Waals surface area contributed by atoms with E-state index in [1.807, 2.05) is 0 Å². The molecule has 152 valence electrons. The van der Waals surface area contributed by atoms with Crippen molar-refractivity contribution < 1.29 is 22.4 Å². The summed E-state index contributed by atoms with van der Waals surface area (Å²) < 4.78 is 53.3. The van der Waals surface area contributed by atoms with Crippen molar-refractivity contribution in [3.8, 4) is 11.1 Å². The number of fused-ring (bicyclic) bond motifs is 1. The minimum Gasteiger partial charge on any atom is -0.322 e. The topological polar surface area (TPSA) is 59.3 Å². The highest BCUT2D eigenvalue weighted by molar-refractivity contribution is 6.05. The number of amides is 1. The molecule has 1 amide bonds. The number of benzene rings is 2. The molecule has 0 aliphatic rings. The predicted octanol–water partition coefficient (Wildman–Crippen LogP) is 5.11. The van der Waals surface area contributed by atoms with E-state index in [1.54, 1.807) is 25.3 Å². The van der Waals surface area contributed by atoms with Crippen molar-refractivity contribution in [2.24, 2.45) is 0 Å². The van der Waals surface area contributed by atoms with Crippen LogP contribution in [-0.2, 0) is 6.18 Å². The van der Waals surface area contributed by atoms with Crippen LogP contribution in [0.25, 0.3) is 16.8 Å². The molecule has 0 fully saturated rings. The Morgan fingerprint density at radius 1 is 1.07 bits per heavy atom. The van der Waals surface area contributed by atoms with E-state index in [4.69, 9.17) is 0 Å². The third-order valence-corrected chi connectivity index (χ3v) is 4.61. The van der Waals surface area contributed by atoms with Gasteiger partial charge in [0, 0.05) is 17.4 Å². The third-order valence-electron chi connectivity index (χ3n) is 4.61. The number of carbonyl (C=O) groups excluding carboxylic acids is 1. The molecular formula is C21H14F4N4O. The fourth-order valence-electron chi connectivity index (χ4n) is 3.07. The number of rotatable bonds is 3. The molecular weight excluding hydrogens is 400 g/mol. The molecule has 9 heteroatoms. The van der Waals surface area contributed by atoms with Gasteiger partial charge < -0.3 is 5.32 Å². The van der Waals surface area contributed by atoms with Crippen LogP contribution < -0.4 is 5.32 Å². The molecule has 0 saturated heterocycles. The van der Waals surface area contributed by atoms with Crippen LogP contribution in [0.15, 0.2) is 60.9 Å². The Hall–Kier alpha value is -3.75. The normalized spacial score (nSPS) is 11.6. The quantitative estimate of drug-likeness (QED) is 0.474. The van der Waals surface area contributed by atoms with E-state index in [0.717, 1.165) is 12.1 Å². The smallest absolute Gasteiger partial charge is 0.322 e. The van der Waals surface area contributed by atoms with E-state index in [0.29, 0.717) is 22.5 Å². The van der Waals surface area contributed by atoms with E-state index in [1.165, 1.54) is 35.0 Å². The van der Waals surface area contributed by atoms with Gasteiger partial charge in [0.2, 0.25) is 0 Å². The molecule has 0 unspecified atom stereocenters. The number of aromatic nitrogens is 3. The van der Waals surface area contributed by atoms with E-state index in [2.05, 4.69) is 15.4 Å². The molecule has 2 heterocycles. The average Bonchev–Trinajstić information content (AvgIpc) is 3.13. The van der Waals surface area contributed by atoms with Gasteiger partial charge in [-0.15, -0.1) is 0 Å². The summed E-state index contributed by atoms with van der Waals surface area (Å²) in [5.74, 6) is -0.979. The zero-order valence-corrected chi connectivity index (χ0v) is 15.5. The molecule has 30 heavy (non-hydrogen) atoms. The Kier molecular flexibility index (Phi) is 4.73. The molecule has 0 spiro atoms. The van der Waals surface area contributed by atoms with Crippen molar-refractivity contribution >= 4 is 17.2 Å². The second-order valence-electron chi connectivity index (χ2n) is 6.59. The number of nitrogens with one attached hydrogen (secondary N) is 1. The molecule has 0 saturated carbocycles. The molecule has 0 aliphatic carbocycles. The van der Waals surface area contributed by atoms with Gasteiger partial charge in [0.05, 0.1) is 23.0 Å². The van der Waals surface area contributed by atoms with Crippen LogP contribution in [0.2, 0.25) is 0 Å². The number of carbonyl (C=O) groups is 1. The van der Waals surface area contributed by atoms with Crippen molar-refractivity contribution in [1.82, 2.24) is 14.6 Å². The SMILES string of the molecule is Cc1c(C(=O)Nc2cccc(C(F)(F)F)c2)cnc2c(-c3ccc(F)cc3)cnn12. The summed E-state index contributed by atoms with van der Waals surface area (Å²) in [6.45, 7) is 1.65. The average molecular weight is 414 g/mol. The molecule has 2 aromatic heterocycles. The number of nitrogens with zero attached hydrogens (tertiary/aromatic N) is 3. The second kappa shape index (κ2) is 7.25. The van der Waals surface area contributed by atoms with Crippen LogP contribution in [0.4, 0.5) is 23.2 Å². The highest BCUT2D eigenvalue weighted by atomic mass is 19.4. The molecule has 0 bridgehead atoms. The number of hydrogen-bond donors (Lipinski definition) is 1. The van der Waals surface area contributed by atoms with Crippen molar-refractivity contribution in [3.63, 3.8) is 0 Å². The maximum Gasteiger partial charge on any atom is 0.416 e. The van der Waals surface area contributed by atoms with Gasteiger partial charge in [0.25, 0.3) is 5.91 Å². The minimum absolute atomic E-state index is 0.0155. The number of alkyl halides is 3. The van der Waals surface area contributed by atoms with Gasteiger partial charge in [0.1, 0.15) is 5.82 Å². The van der Waals surface area contributed by atoms with Crippen molar-refractivity contribution in [1.29, 1.82) is 0 Å². The summed E-state index contributed by atoms with van der Waals surface area (Å²) in [7, 11) is 0. The van der Waals surface area contributed by atoms with Gasteiger partial charge in [-0.1, -0.05) is 18.2 Å². The minimum atomic E-state index is -4.51. The molecule has 0 radical (unpaired) electrons. The number of halogens is 4. The fraction of sp³-hybridized carbons (Fsp3) is 0.0952. The first kappa shape index (κ1) is 19.6. The summed E-state index contributed by atoms with van der Waals surface area (Å²) in [5.41, 5.74) is 1.60. The van der Waals surface area contributed by atoms with Gasteiger partial charge in [-0.05, 0) is 42.8 Å². The number of anilines is 1. The summed E-state index contributed by atoms with van der Waals surface area (Å²) in [6.07, 6.45) is -1.62. The van der Waals surface area contributed by atoms with Gasteiger partial charge in [-0.2, -0.15) is 18.3 Å². The highest BCUT2D eigenvalue weighted by Gasteiger charge is 2.30. The molecule has 1 N–H and O–H groups in total. The first-order valence-electron chi connectivity index (χ1n) is 8.82. The first-order chi connectivity index (χ1) is 14.2. The van der Waals surface area contributed by atoms with E-state index in [-0.39, 0.29) is 17.1 Å². The summed E-state index contributed by atoms with van der Waals surface area (Å²) in [4.78, 5) is 16.9. The zero-order chi connectivity index (χ0) is 21.5. The molecule has 4 aromatic rings. The highest BCUT2D eigenvalue weighted by Crippen LogP contribution is 2.31. The van der Waals surface area contributed by atoms with Crippen molar-refractivity contribution in [2.75, 3.05) is 5.32 Å². The fourth-order valence-corrected chi connectivity index (χ4v) is 3.07. The Bertz CT molecular complexity index is 1250. The number of aryl methyl sites for hydroxylation is 1. The van der Waals surface area contributed by atoms with Crippen molar-refractivity contribution in [3.05, 3.63) is 83.6 Å². The van der Waals surface area contributed by atoms with Gasteiger partial charge in [-0.25, -0.2) is 13.9 Å². The van der Waals surface area contributed by atoms with Crippen LogP contribution in [0, 0.1) is 12.7 Å². The van der Waals surface area contributed by atoms with Gasteiger partial charge in [0.15, 0.2) is 5.65 Å². The predicted molar refractivity (Wildman–Crippen MR) is 103 cm³/mol. The second-order valence-corrected chi connectivity index (χ2v) is 6.59. The van der Waals surface area contributed by atoms with Crippen LogP contribution >= 0.6 is 0 Å². The van der Waals surface area contributed by atoms with Gasteiger partial charge in [-0.3, -0.25) is 4.79 Å². The van der Waals surface area contributed by atoms with E-state index < -0.39 is 17.6 Å². The lowest BCUT2D eigenvalue weighted by atomic mass is 10.1. The molecule has 2 aromatic carbocycles. The summed E-state index contributed by atoms with van der Waals surface area (Å²) in [6, 6.07) is 10.2. The lowest BCUT2D eigenvalue weighted by Gasteiger charge is -2.11. The number of hydrogen-bond acceptors (Lipinski definition) is 3. The van der Waals surface area contributed by atoms with Crippen LogP contribution in [0.5, 0.6) is 0 Å². The Labute approximate surface area is 168 Å². The molecule has 0 atom stereocenters. The third kappa shape index (κ3) is 3.61. The Balaban J connectivity index is 1.66. The maximum absolute atomic E-state index is 13.2. The Morgan fingerprint density at radius 3 is 2.50 bits per heavy atom. The maximum atomic E-state index is 13.2. The van der Waals surface area contributed by atoms with E-state index >= 15 is 0 Å². The Morgan fingerprint density at radius 2 is 1.80 bits per heavy atom. The molecule has 4 rings (SSSR count). The lowest BCUT2D eigenvalue weighted by Crippen LogP contribution is -2.16. The van der Waals surface area contributed by atoms with Crippen molar-refractivity contribution in [2.45, 2.75) is 13.1 Å². The standard InChI is InChI=1S/C21H14F4N4O/c1-12-17(20(30)28-16-4-2-3-14(9-16)21(23,24)25)10-26-19-18(11-27-29(12)19)13-5-7-15(22)8-6-13/h2-11H,1H3,(H,28,30).